The molecule has 0 amide bonds. The predicted molar refractivity (Wildman–Crippen MR) is 171 cm³/mol. The van der Waals surface area contributed by atoms with Crippen LogP contribution in [-0.2, 0) is 13.0 Å². The van der Waals surface area contributed by atoms with Crippen LogP contribution in [0, 0.1) is 0 Å². The Hall–Kier alpha value is 0.924. The van der Waals surface area contributed by atoms with E-state index in [0.717, 1.165) is 25.3 Å². The maximum absolute atomic E-state index is 7.08. The van der Waals surface area contributed by atoms with Gasteiger partial charge in [0, 0.05) is 13.2 Å². The van der Waals surface area contributed by atoms with Gasteiger partial charge in [-0.2, -0.15) is 0 Å². The van der Waals surface area contributed by atoms with Crippen LogP contribution in [0.2, 0.25) is 87.1 Å². The lowest BCUT2D eigenvalue weighted by molar-refractivity contribution is 0.190. The number of hydrogen-bond acceptors (Lipinski definition) is 4. The lowest BCUT2D eigenvalue weighted by Crippen LogP contribution is -2.66. The van der Waals surface area contributed by atoms with Crippen molar-refractivity contribution in [3.05, 3.63) is 0 Å². The van der Waals surface area contributed by atoms with E-state index >= 15 is 0 Å². The molecule has 0 N–H and O–H groups in total. The van der Waals surface area contributed by atoms with E-state index in [4.69, 9.17) is 13.0 Å². The highest BCUT2D eigenvalue weighted by molar-refractivity contribution is 6.92. The van der Waals surface area contributed by atoms with Crippen LogP contribution >= 0.6 is 0 Å². The van der Waals surface area contributed by atoms with Crippen LogP contribution in [0.15, 0.2) is 0 Å². The molecule has 0 rings (SSSR count). The zero-order valence-corrected chi connectivity index (χ0v) is 31.4. The Labute approximate surface area is 227 Å². The van der Waals surface area contributed by atoms with Gasteiger partial charge in [-0.05, 0) is 114 Å². The SMILES string of the molecule is CCO[Si](C)(CC[Si](C)(C)O[Si](C)(C)CCCN([Si](CC)(CC)CC)[Si](CC)(CC)CC)OCC. The van der Waals surface area contributed by atoms with E-state index in [2.05, 4.69) is 92.4 Å². The van der Waals surface area contributed by atoms with Gasteiger partial charge in [-0.15, -0.1) is 0 Å². The molecule has 35 heavy (non-hydrogen) atoms. The molecule has 0 bridgehead atoms. The second kappa shape index (κ2) is 16.1. The van der Waals surface area contributed by atoms with Crippen molar-refractivity contribution in [2.24, 2.45) is 0 Å². The Balaban J connectivity index is 5.40. The van der Waals surface area contributed by atoms with Gasteiger partial charge in [0.2, 0.25) is 0 Å². The van der Waals surface area contributed by atoms with E-state index < -0.39 is 41.7 Å². The molecule has 212 valence electrons. The molecule has 0 heterocycles. The van der Waals surface area contributed by atoms with Gasteiger partial charge in [-0.1, -0.05) is 41.5 Å². The van der Waals surface area contributed by atoms with Crippen molar-refractivity contribution in [1.82, 2.24) is 4.23 Å². The molecule has 0 radical (unpaired) electrons. The van der Waals surface area contributed by atoms with E-state index in [1.807, 2.05) is 0 Å². The molecule has 0 saturated heterocycles. The zero-order valence-electron chi connectivity index (χ0n) is 26.4. The fourth-order valence-corrected chi connectivity index (χ4v) is 33.5. The van der Waals surface area contributed by atoms with Gasteiger partial charge in [0.1, 0.15) is 16.5 Å². The smallest absolute Gasteiger partial charge is 0.334 e. The Morgan fingerprint density at radius 1 is 0.514 bits per heavy atom. The van der Waals surface area contributed by atoms with Gasteiger partial charge in [0.15, 0.2) is 16.6 Å². The predicted octanol–water partition coefficient (Wildman–Crippen LogP) is 9.26. The molecule has 0 aliphatic heterocycles. The summed E-state index contributed by atoms with van der Waals surface area (Å²) in [7, 11) is -8.31. The van der Waals surface area contributed by atoms with Gasteiger partial charge in [-0.25, -0.2) is 0 Å². The highest BCUT2D eigenvalue weighted by Crippen LogP contribution is 2.37. The lowest BCUT2D eigenvalue weighted by atomic mass is 10.5. The lowest BCUT2D eigenvalue weighted by Gasteiger charge is -2.52. The first-order valence-electron chi connectivity index (χ1n) is 15.0. The third-order valence-electron chi connectivity index (χ3n) is 8.89. The number of hydrogen-bond donors (Lipinski definition) is 0. The van der Waals surface area contributed by atoms with Crippen LogP contribution < -0.4 is 0 Å². The van der Waals surface area contributed by atoms with Crippen molar-refractivity contribution in [2.75, 3.05) is 19.8 Å². The Bertz CT molecular complexity index is 527. The highest BCUT2D eigenvalue weighted by atomic mass is 28.4. The second-order valence-corrected chi connectivity index (χ2v) is 34.8. The summed E-state index contributed by atoms with van der Waals surface area (Å²) in [6, 6.07) is 12.0. The van der Waals surface area contributed by atoms with Crippen molar-refractivity contribution in [3.63, 3.8) is 0 Å². The van der Waals surface area contributed by atoms with Gasteiger partial charge in [0.25, 0.3) is 0 Å². The van der Waals surface area contributed by atoms with Crippen LogP contribution in [0.25, 0.3) is 0 Å². The third-order valence-corrected chi connectivity index (χ3v) is 33.3. The normalized spacial score (nSPS) is 14.2. The summed E-state index contributed by atoms with van der Waals surface area (Å²) in [5.74, 6) is 0. The van der Waals surface area contributed by atoms with Crippen molar-refractivity contribution < 1.29 is 13.0 Å². The first-order chi connectivity index (χ1) is 16.2. The van der Waals surface area contributed by atoms with E-state index in [9.17, 15) is 0 Å². The molecule has 0 aromatic rings. The molecular formula is C26H65NO3Si5. The molecule has 0 saturated carbocycles. The number of nitrogens with zero attached hydrogens (tertiary/aromatic N) is 1. The molecule has 0 unspecified atom stereocenters. The van der Waals surface area contributed by atoms with Crippen LogP contribution in [0.4, 0.5) is 0 Å². The molecule has 0 fully saturated rings. The van der Waals surface area contributed by atoms with Crippen molar-refractivity contribution in [1.29, 1.82) is 0 Å². The first-order valence-corrected chi connectivity index (χ1v) is 28.9. The van der Waals surface area contributed by atoms with Gasteiger partial charge in [0.05, 0.1) is 0 Å². The standard InChI is InChI=1S/C26H65NO3Si5/c1-14-28-33(13,29-15-2)26-25-32(11,12)30-31(9,10)24-22-23-27(34(16-3,17-4)18-5)35(19-6,20-7)21-8/h14-26H2,1-13H3. The fraction of sp³-hybridized carbons (Fsp3) is 1.00. The summed E-state index contributed by atoms with van der Waals surface area (Å²) in [4.78, 5) is 0. The summed E-state index contributed by atoms with van der Waals surface area (Å²) in [6.45, 7) is 34.0. The average molecular weight is 580 g/mol. The maximum atomic E-state index is 7.08. The minimum absolute atomic E-state index is 0.748. The largest absolute Gasteiger partial charge is 0.456 e. The Morgan fingerprint density at radius 3 is 1.23 bits per heavy atom. The average Bonchev–Trinajstić information content (AvgIpc) is 2.80. The summed E-state index contributed by atoms with van der Waals surface area (Å²) < 4.78 is 22.5. The van der Waals surface area contributed by atoms with E-state index in [1.54, 1.807) is 0 Å². The molecule has 0 aliphatic carbocycles. The van der Waals surface area contributed by atoms with Gasteiger partial charge < -0.3 is 17.2 Å². The molecule has 9 heteroatoms. The minimum atomic E-state index is -2.07. The quantitative estimate of drug-likeness (QED) is 0.127. The monoisotopic (exact) mass is 579 g/mol. The molecular weight excluding hydrogens is 515 g/mol. The van der Waals surface area contributed by atoms with Crippen molar-refractivity contribution in [2.45, 2.75) is 149 Å². The maximum Gasteiger partial charge on any atom is 0.334 e. The minimum Gasteiger partial charge on any atom is -0.456 e. The highest BCUT2D eigenvalue weighted by Gasteiger charge is 2.46. The van der Waals surface area contributed by atoms with Crippen LogP contribution in [-0.4, -0.2) is 65.7 Å². The zero-order chi connectivity index (χ0) is 27.4. The fourth-order valence-electron chi connectivity index (χ4n) is 6.46. The summed E-state index contributed by atoms with van der Waals surface area (Å²) in [5.41, 5.74) is 0. The van der Waals surface area contributed by atoms with Crippen LogP contribution in [0.1, 0.15) is 61.8 Å². The second-order valence-electron chi connectivity index (χ2n) is 11.9. The van der Waals surface area contributed by atoms with Gasteiger partial charge in [-0.3, -0.25) is 0 Å². The Kier molecular flexibility index (Phi) is 16.6. The van der Waals surface area contributed by atoms with Crippen molar-refractivity contribution >= 4 is 41.7 Å². The molecule has 0 atom stereocenters. The molecule has 0 aromatic carbocycles. The molecule has 4 nitrogen and oxygen atoms in total. The van der Waals surface area contributed by atoms with E-state index in [-0.39, 0.29) is 0 Å². The first kappa shape index (κ1) is 35.9. The molecule has 0 aliphatic rings. The Morgan fingerprint density at radius 2 is 0.886 bits per heavy atom. The third kappa shape index (κ3) is 10.9. The number of rotatable bonds is 21. The summed E-state index contributed by atoms with van der Waals surface area (Å²) in [5, 5.41) is 0. The van der Waals surface area contributed by atoms with E-state index in [1.165, 1.54) is 55.3 Å². The summed E-state index contributed by atoms with van der Waals surface area (Å²) in [6.07, 6.45) is 1.32. The van der Waals surface area contributed by atoms with E-state index in [0.29, 0.717) is 0 Å². The topological polar surface area (TPSA) is 30.9 Å². The van der Waals surface area contributed by atoms with Crippen LogP contribution in [0.3, 0.4) is 0 Å². The van der Waals surface area contributed by atoms with Crippen LogP contribution in [0.5, 0.6) is 0 Å². The van der Waals surface area contributed by atoms with Crippen molar-refractivity contribution in [3.8, 4) is 0 Å². The molecule has 0 spiro atoms. The molecule has 0 aromatic heterocycles. The van der Waals surface area contributed by atoms with Gasteiger partial charge >= 0.3 is 8.56 Å². The summed E-state index contributed by atoms with van der Waals surface area (Å²) >= 11 is 0.